The maximum Gasteiger partial charge on any atom is 0.180 e. The van der Waals surface area contributed by atoms with E-state index in [1.165, 1.54) is 17.7 Å². The molecule has 0 aliphatic heterocycles. The summed E-state index contributed by atoms with van der Waals surface area (Å²) >= 11 is 11.2. The Labute approximate surface area is 117 Å². The van der Waals surface area contributed by atoms with Gasteiger partial charge >= 0.3 is 0 Å². The third-order valence-electron chi connectivity index (χ3n) is 2.80. The molecule has 0 atom stereocenters. The first kappa shape index (κ1) is 11.5. The molecule has 0 spiro atoms. The van der Waals surface area contributed by atoms with Crippen molar-refractivity contribution in [3.05, 3.63) is 32.6 Å². The van der Waals surface area contributed by atoms with Crippen molar-refractivity contribution in [3.8, 4) is 11.3 Å². The molecule has 1 aromatic carbocycles. The summed E-state index contributed by atoms with van der Waals surface area (Å²) in [6.45, 7) is 0. The van der Waals surface area contributed by atoms with Gasteiger partial charge in [-0.2, -0.15) is 0 Å². The van der Waals surface area contributed by atoms with Crippen molar-refractivity contribution in [3.63, 3.8) is 0 Å². The zero-order valence-electron chi connectivity index (χ0n) is 8.91. The summed E-state index contributed by atoms with van der Waals surface area (Å²) in [6, 6.07) is 5.75. The van der Waals surface area contributed by atoms with E-state index < -0.39 is 0 Å². The molecule has 1 heterocycles. The number of nitrogens with zero attached hydrogens (tertiary/aromatic N) is 1. The van der Waals surface area contributed by atoms with Crippen LogP contribution in [0.15, 0.2) is 22.7 Å². The Morgan fingerprint density at radius 3 is 2.88 bits per heavy atom. The summed E-state index contributed by atoms with van der Waals surface area (Å²) < 4.78 is 1.01. The highest BCUT2D eigenvalue weighted by molar-refractivity contribution is 9.10. The van der Waals surface area contributed by atoms with Crippen LogP contribution in [0.25, 0.3) is 11.3 Å². The number of aromatic nitrogens is 1. The van der Waals surface area contributed by atoms with Crippen LogP contribution in [0.5, 0.6) is 0 Å². The Morgan fingerprint density at radius 2 is 2.18 bits per heavy atom. The summed E-state index contributed by atoms with van der Waals surface area (Å²) in [4.78, 5) is 5.75. The lowest BCUT2D eigenvalue weighted by Gasteiger charge is -2.04. The van der Waals surface area contributed by atoms with Gasteiger partial charge in [-0.05, 0) is 37.0 Å². The molecule has 2 nitrogen and oxygen atoms in total. The van der Waals surface area contributed by atoms with Crippen molar-refractivity contribution in [2.75, 3.05) is 5.73 Å². The Hall–Kier alpha value is -0.580. The van der Waals surface area contributed by atoms with Gasteiger partial charge in [0, 0.05) is 19.9 Å². The maximum absolute atomic E-state index is 6.04. The van der Waals surface area contributed by atoms with E-state index in [1.807, 2.05) is 18.2 Å². The SMILES string of the molecule is Nc1nc(-c2cc(Cl)ccc2Br)c(C2CC2)s1. The molecule has 0 amide bonds. The van der Waals surface area contributed by atoms with Crippen molar-refractivity contribution in [2.45, 2.75) is 18.8 Å². The molecule has 0 saturated heterocycles. The van der Waals surface area contributed by atoms with E-state index in [0.717, 1.165) is 20.8 Å². The van der Waals surface area contributed by atoms with Crippen LogP contribution in [0, 0.1) is 0 Å². The summed E-state index contributed by atoms with van der Waals surface area (Å²) in [7, 11) is 0. The topological polar surface area (TPSA) is 38.9 Å². The summed E-state index contributed by atoms with van der Waals surface area (Å²) in [5, 5.41) is 1.35. The summed E-state index contributed by atoms with van der Waals surface area (Å²) in [5.41, 5.74) is 7.85. The van der Waals surface area contributed by atoms with Gasteiger partial charge in [0.2, 0.25) is 0 Å². The minimum Gasteiger partial charge on any atom is -0.375 e. The number of hydrogen-bond donors (Lipinski definition) is 1. The standard InChI is InChI=1S/C12H10BrClN2S/c13-9-4-3-7(14)5-8(9)10-11(6-1-2-6)17-12(15)16-10/h3-6H,1-2H2,(H2,15,16). The van der Waals surface area contributed by atoms with Crippen LogP contribution in [-0.2, 0) is 0 Å². The van der Waals surface area contributed by atoms with Crippen molar-refractivity contribution in [2.24, 2.45) is 0 Å². The van der Waals surface area contributed by atoms with E-state index in [-0.39, 0.29) is 0 Å². The smallest absolute Gasteiger partial charge is 0.180 e. The van der Waals surface area contributed by atoms with E-state index in [2.05, 4.69) is 20.9 Å². The predicted octanol–water partition coefficient (Wildman–Crippen LogP) is 4.69. The van der Waals surface area contributed by atoms with Gasteiger partial charge in [0.1, 0.15) is 0 Å². The molecule has 3 rings (SSSR count). The molecule has 1 aliphatic rings. The molecule has 2 aromatic rings. The van der Waals surface area contributed by atoms with E-state index in [4.69, 9.17) is 17.3 Å². The first-order chi connectivity index (χ1) is 8.15. The minimum atomic E-state index is 0.633. The van der Waals surface area contributed by atoms with Crippen LogP contribution in [0.2, 0.25) is 5.02 Å². The maximum atomic E-state index is 6.04. The quantitative estimate of drug-likeness (QED) is 0.868. The molecule has 88 valence electrons. The molecule has 1 aromatic heterocycles. The van der Waals surface area contributed by atoms with E-state index in [1.54, 1.807) is 11.3 Å². The van der Waals surface area contributed by atoms with Crippen LogP contribution >= 0.6 is 38.9 Å². The van der Waals surface area contributed by atoms with E-state index in [0.29, 0.717) is 11.0 Å². The van der Waals surface area contributed by atoms with Gasteiger partial charge in [0.25, 0.3) is 0 Å². The van der Waals surface area contributed by atoms with Gasteiger partial charge in [0.15, 0.2) is 5.13 Å². The number of thiazole rings is 1. The lowest BCUT2D eigenvalue weighted by atomic mass is 10.1. The van der Waals surface area contributed by atoms with Crippen LogP contribution in [0.4, 0.5) is 5.13 Å². The molecule has 0 radical (unpaired) electrons. The van der Waals surface area contributed by atoms with Crippen molar-refractivity contribution >= 4 is 44.0 Å². The van der Waals surface area contributed by atoms with Crippen molar-refractivity contribution < 1.29 is 0 Å². The van der Waals surface area contributed by atoms with E-state index >= 15 is 0 Å². The number of halogens is 2. The summed E-state index contributed by atoms with van der Waals surface area (Å²) in [5.74, 6) is 0.644. The largest absolute Gasteiger partial charge is 0.375 e. The van der Waals surface area contributed by atoms with Gasteiger partial charge in [-0.3, -0.25) is 0 Å². The summed E-state index contributed by atoms with van der Waals surface area (Å²) in [6.07, 6.45) is 2.49. The van der Waals surface area contributed by atoms with Gasteiger partial charge < -0.3 is 5.73 Å². The Morgan fingerprint density at radius 1 is 1.41 bits per heavy atom. The molecule has 17 heavy (non-hydrogen) atoms. The van der Waals surface area contributed by atoms with Gasteiger partial charge in [-0.25, -0.2) is 4.98 Å². The monoisotopic (exact) mass is 328 g/mol. The molecular weight excluding hydrogens is 320 g/mol. The van der Waals surface area contributed by atoms with Crippen LogP contribution < -0.4 is 5.73 Å². The van der Waals surface area contributed by atoms with Crippen molar-refractivity contribution in [1.29, 1.82) is 0 Å². The zero-order chi connectivity index (χ0) is 12.0. The minimum absolute atomic E-state index is 0.633. The number of rotatable bonds is 2. The molecular formula is C12H10BrClN2S. The highest BCUT2D eigenvalue weighted by Gasteiger charge is 2.30. The third-order valence-corrected chi connectivity index (χ3v) is 4.78. The second-order valence-electron chi connectivity index (χ2n) is 4.16. The van der Waals surface area contributed by atoms with Crippen LogP contribution in [0.1, 0.15) is 23.6 Å². The number of nitrogens with two attached hydrogens (primary N) is 1. The Kier molecular flexibility index (Phi) is 2.89. The Bertz CT molecular complexity index is 578. The van der Waals surface area contributed by atoms with Crippen LogP contribution in [-0.4, -0.2) is 4.98 Å². The molecule has 0 unspecified atom stereocenters. The predicted molar refractivity (Wildman–Crippen MR) is 76.6 cm³/mol. The molecule has 1 aliphatic carbocycles. The molecule has 1 saturated carbocycles. The average molecular weight is 330 g/mol. The molecule has 5 heteroatoms. The van der Waals surface area contributed by atoms with Gasteiger partial charge in [-0.15, -0.1) is 11.3 Å². The third kappa shape index (κ3) is 2.21. The van der Waals surface area contributed by atoms with Crippen LogP contribution in [0.3, 0.4) is 0 Å². The van der Waals surface area contributed by atoms with Gasteiger partial charge in [-0.1, -0.05) is 27.5 Å². The average Bonchev–Trinajstić information content (AvgIpc) is 3.06. The highest BCUT2D eigenvalue weighted by atomic mass is 79.9. The number of nitrogen functional groups attached to an aromatic ring is 1. The first-order valence-corrected chi connectivity index (χ1v) is 7.35. The molecule has 2 N–H and O–H groups in total. The molecule has 0 bridgehead atoms. The highest BCUT2D eigenvalue weighted by Crippen LogP contribution is 2.48. The number of hydrogen-bond acceptors (Lipinski definition) is 3. The number of anilines is 1. The fourth-order valence-corrected chi connectivity index (χ4v) is 3.47. The first-order valence-electron chi connectivity index (χ1n) is 5.37. The normalized spacial score (nSPS) is 15.2. The van der Waals surface area contributed by atoms with Gasteiger partial charge in [0.05, 0.1) is 5.69 Å². The number of benzene rings is 1. The lowest BCUT2D eigenvalue weighted by molar-refractivity contribution is 1.16. The lowest BCUT2D eigenvalue weighted by Crippen LogP contribution is -1.86. The second kappa shape index (κ2) is 4.26. The van der Waals surface area contributed by atoms with Crippen molar-refractivity contribution in [1.82, 2.24) is 4.98 Å². The fraction of sp³-hybridized carbons (Fsp3) is 0.250. The van der Waals surface area contributed by atoms with E-state index in [9.17, 15) is 0 Å². The fourth-order valence-electron chi connectivity index (χ4n) is 1.84. The zero-order valence-corrected chi connectivity index (χ0v) is 12.1. The Balaban J connectivity index is 2.16. The molecule has 1 fully saturated rings. The second-order valence-corrected chi connectivity index (χ2v) is 6.52.